The number of benzene rings is 2. The molecule has 0 saturated heterocycles. The number of carbonyl (C=O) groups excluding carboxylic acids is 1. The number of carbonyl (C=O) groups is 1. The number of nitrogens with zero attached hydrogens (tertiary/aromatic N) is 1. The van der Waals surface area contributed by atoms with Crippen molar-refractivity contribution >= 4 is 39.1 Å². The molecule has 0 aromatic heterocycles. The normalized spacial score (nSPS) is 11.6. The van der Waals surface area contributed by atoms with E-state index in [-0.39, 0.29) is 40.4 Å². The Morgan fingerprint density at radius 1 is 1.12 bits per heavy atom. The third-order valence-corrected chi connectivity index (χ3v) is 5.88. The van der Waals surface area contributed by atoms with Crippen molar-refractivity contribution in [2.75, 3.05) is 13.1 Å². The molecule has 140 valence electrons. The zero-order chi connectivity index (χ0) is 19.3. The molecule has 0 aliphatic heterocycles. The number of hydrogen-bond donors (Lipinski definition) is 1. The van der Waals surface area contributed by atoms with E-state index in [9.17, 15) is 17.6 Å². The number of halogens is 3. The molecule has 9 heteroatoms. The van der Waals surface area contributed by atoms with E-state index in [1.54, 1.807) is 6.92 Å². The van der Waals surface area contributed by atoms with Crippen molar-refractivity contribution in [1.29, 1.82) is 0 Å². The molecular formula is C17H17Cl2FN2O3S. The predicted molar refractivity (Wildman–Crippen MR) is 99.1 cm³/mol. The molecule has 1 amide bonds. The van der Waals surface area contributed by atoms with Gasteiger partial charge in [-0.25, -0.2) is 12.8 Å². The molecule has 2 aromatic rings. The van der Waals surface area contributed by atoms with Gasteiger partial charge in [-0.2, -0.15) is 4.31 Å². The van der Waals surface area contributed by atoms with Crippen LogP contribution in [0.1, 0.15) is 12.5 Å². The van der Waals surface area contributed by atoms with Crippen molar-refractivity contribution in [3.8, 4) is 0 Å². The third kappa shape index (κ3) is 5.41. The minimum Gasteiger partial charge on any atom is -0.351 e. The summed E-state index contributed by atoms with van der Waals surface area (Å²) in [6, 6.07) is 9.63. The van der Waals surface area contributed by atoms with Crippen LogP contribution in [0.25, 0.3) is 0 Å². The molecule has 0 aliphatic carbocycles. The lowest BCUT2D eigenvalue weighted by atomic mass is 10.2. The lowest BCUT2D eigenvalue weighted by Crippen LogP contribution is -2.40. The first-order valence-electron chi connectivity index (χ1n) is 7.69. The fourth-order valence-electron chi connectivity index (χ4n) is 2.21. The van der Waals surface area contributed by atoms with Gasteiger partial charge < -0.3 is 5.32 Å². The van der Waals surface area contributed by atoms with Gasteiger partial charge >= 0.3 is 0 Å². The Morgan fingerprint density at radius 3 is 2.23 bits per heavy atom. The monoisotopic (exact) mass is 418 g/mol. The molecule has 0 bridgehead atoms. The summed E-state index contributed by atoms with van der Waals surface area (Å²) in [5, 5.41) is 2.99. The standard InChI is InChI=1S/C17H17Cl2FN2O3S/c1-2-22(26(24,25)16-8-13(18)7-14(19)9-16)11-17(23)21-10-12-3-5-15(20)6-4-12/h3-9H,2,10-11H2,1H3,(H,21,23). The van der Waals surface area contributed by atoms with Gasteiger partial charge in [-0.1, -0.05) is 42.3 Å². The molecule has 0 fully saturated rings. The van der Waals surface area contributed by atoms with Crippen LogP contribution in [0.2, 0.25) is 10.0 Å². The molecule has 2 aromatic carbocycles. The highest BCUT2D eigenvalue weighted by Gasteiger charge is 2.26. The third-order valence-electron chi connectivity index (χ3n) is 3.55. The van der Waals surface area contributed by atoms with E-state index in [0.717, 1.165) is 4.31 Å². The van der Waals surface area contributed by atoms with Gasteiger partial charge in [0.1, 0.15) is 5.82 Å². The highest BCUT2D eigenvalue weighted by atomic mass is 35.5. The molecule has 0 saturated carbocycles. The fourth-order valence-corrected chi connectivity index (χ4v) is 4.34. The summed E-state index contributed by atoms with van der Waals surface area (Å²) in [4.78, 5) is 12.0. The second kappa shape index (κ2) is 8.81. The van der Waals surface area contributed by atoms with E-state index < -0.39 is 15.9 Å². The molecule has 0 unspecified atom stereocenters. The van der Waals surface area contributed by atoms with Crippen molar-refractivity contribution in [3.05, 3.63) is 63.9 Å². The maximum atomic E-state index is 12.9. The van der Waals surface area contributed by atoms with Crippen LogP contribution >= 0.6 is 23.2 Å². The van der Waals surface area contributed by atoms with Crippen LogP contribution in [0.4, 0.5) is 4.39 Å². The van der Waals surface area contributed by atoms with Crippen LogP contribution in [-0.2, 0) is 21.4 Å². The molecule has 0 radical (unpaired) electrons. The maximum Gasteiger partial charge on any atom is 0.243 e. The second-order valence-corrected chi connectivity index (χ2v) is 8.25. The molecule has 0 spiro atoms. The minimum atomic E-state index is -3.93. The van der Waals surface area contributed by atoms with Gasteiger partial charge in [0.15, 0.2) is 0 Å². The molecule has 2 rings (SSSR count). The highest BCUT2D eigenvalue weighted by molar-refractivity contribution is 7.89. The summed E-state index contributed by atoms with van der Waals surface area (Å²) >= 11 is 11.7. The lowest BCUT2D eigenvalue weighted by Gasteiger charge is -2.20. The Hall–Kier alpha value is -1.67. The second-order valence-electron chi connectivity index (χ2n) is 5.44. The van der Waals surface area contributed by atoms with Gasteiger partial charge in [-0.3, -0.25) is 4.79 Å². The summed E-state index contributed by atoms with van der Waals surface area (Å²) in [5.41, 5.74) is 0.701. The van der Waals surface area contributed by atoms with Gasteiger partial charge in [0.25, 0.3) is 0 Å². The first-order chi connectivity index (χ1) is 12.2. The number of sulfonamides is 1. The van der Waals surface area contributed by atoms with Crippen molar-refractivity contribution < 1.29 is 17.6 Å². The average Bonchev–Trinajstić information content (AvgIpc) is 2.58. The Morgan fingerprint density at radius 2 is 1.69 bits per heavy atom. The summed E-state index contributed by atoms with van der Waals surface area (Å²) in [7, 11) is -3.93. The molecular weight excluding hydrogens is 402 g/mol. The molecule has 0 heterocycles. The Balaban J connectivity index is 2.07. The van der Waals surface area contributed by atoms with Crippen LogP contribution in [0.3, 0.4) is 0 Å². The van der Waals surface area contributed by atoms with E-state index in [4.69, 9.17) is 23.2 Å². The average molecular weight is 419 g/mol. The minimum absolute atomic E-state index is 0.0804. The first-order valence-corrected chi connectivity index (χ1v) is 9.89. The smallest absolute Gasteiger partial charge is 0.243 e. The van der Waals surface area contributed by atoms with Gasteiger partial charge in [-0.15, -0.1) is 0 Å². The van der Waals surface area contributed by atoms with Crippen molar-refractivity contribution in [3.63, 3.8) is 0 Å². The molecule has 5 nitrogen and oxygen atoms in total. The van der Waals surface area contributed by atoms with Gasteiger partial charge in [0, 0.05) is 23.1 Å². The number of rotatable bonds is 7. The van der Waals surface area contributed by atoms with Crippen LogP contribution in [0.5, 0.6) is 0 Å². The number of nitrogens with one attached hydrogen (secondary N) is 1. The summed E-state index contributed by atoms with van der Waals surface area (Å²) < 4.78 is 39.3. The highest BCUT2D eigenvalue weighted by Crippen LogP contribution is 2.24. The van der Waals surface area contributed by atoms with Crippen molar-refractivity contribution in [2.45, 2.75) is 18.4 Å². The van der Waals surface area contributed by atoms with Crippen molar-refractivity contribution in [2.24, 2.45) is 0 Å². The Bertz CT molecular complexity index is 869. The van der Waals surface area contributed by atoms with Crippen LogP contribution < -0.4 is 5.32 Å². The summed E-state index contributed by atoms with van der Waals surface area (Å²) in [6.45, 7) is 1.53. The summed E-state index contributed by atoms with van der Waals surface area (Å²) in [6.07, 6.45) is 0. The molecule has 1 N–H and O–H groups in total. The van der Waals surface area contributed by atoms with Crippen LogP contribution in [-0.4, -0.2) is 31.7 Å². The largest absolute Gasteiger partial charge is 0.351 e. The lowest BCUT2D eigenvalue weighted by molar-refractivity contribution is -0.121. The SMILES string of the molecule is CCN(CC(=O)NCc1ccc(F)cc1)S(=O)(=O)c1cc(Cl)cc(Cl)c1. The molecule has 0 aliphatic rings. The zero-order valence-electron chi connectivity index (χ0n) is 13.9. The zero-order valence-corrected chi connectivity index (χ0v) is 16.2. The Labute approximate surface area is 161 Å². The predicted octanol–water partition coefficient (Wildman–Crippen LogP) is 3.46. The maximum absolute atomic E-state index is 12.9. The van der Waals surface area contributed by atoms with Crippen LogP contribution in [0.15, 0.2) is 47.4 Å². The quantitative estimate of drug-likeness (QED) is 0.748. The summed E-state index contributed by atoms with van der Waals surface area (Å²) in [5.74, 6) is -0.851. The van der Waals surface area contributed by atoms with E-state index in [2.05, 4.69) is 5.32 Å². The molecule has 26 heavy (non-hydrogen) atoms. The van der Waals surface area contributed by atoms with Crippen molar-refractivity contribution in [1.82, 2.24) is 9.62 Å². The van der Waals surface area contributed by atoms with Gasteiger partial charge in [-0.05, 0) is 35.9 Å². The van der Waals surface area contributed by atoms with Gasteiger partial charge in [0.2, 0.25) is 15.9 Å². The fraction of sp³-hybridized carbons (Fsp3) is 0.235. The van der Waals surface area contributed by atoms with E-state index in [0.29, 0.717) is 5.56 Å². The first kappa shape index (κ1) is 20.6. The van der Waals surface area contributed by atoms with E-state index in [1.165, 1.54) is 42.5 Å². The topological polar surface area (TPSA) is 66.5 Å². The molecule has 0 atom stereocenters. The van der Waals surface area contributed by atoms with Crippen LogP contribution in [0, 0.1) is 5.82 Å². The Kier molecular flexibility index (Phi) is 7.00. The van der Waals surface area contributed by atoms with Gasteiger partial charge in [0.05, 0.1) is 11.4 Å². The number of amides is 1. The van der Waals surface area contributed by atoms with E-state index >= 15 is 0 Å². The number of likely N-dealkylation sites (N-methyl/N-ethyl adjacent to an activating group) is 1. The van der Waals surface area contributed by atoms with E-state index in [1.807, 2.05) is 0 Å². The number of hydrogen-bond acceptors (Lipinski definition) is 3.